The van der Waals surface area contributed by atoms with Gasteiger partial charge in [0.15, 0.2) is 0 Å². The zero-order valence-corrected chi connectivity index (χ0v) is 8.61. The Kier molecular flexibility index (Phi) is 3.06. The smallest absolute Gasteiger partial charge is 0.303 e. The molecule has 1 saturated carbocycles. The third kappa shape index (κ3) is 2.08. The minimum absolute atomic E-state index is 0.376. The van der Waals surface area contributed by atoms with E-state index in [1.807, 2.05) is 0 Å². The first kappa shape index (κ1) is 9.97. The standard InChI is InChI=1S/C11H19NO2/c13-11(14)8-9-4-3-5-10(9)12-6-1-2-7-12/h9-10H,1-8H2,(H,13,14). The van der Waals surface area contributed by atoms with Crippen molar-refractivity contribution in [3.8, 4) is 0 Å². The maximum atomic E-state index is 10.7. The van der Waals surface area contributed by atoms with E-state index in [9.17, 15) is 4.79 Å². The number of hydrogen-bond acceptors (Lipinski definition) is 2. The summed E-state index contributed by atoms with van der Waals surface area (Å²) in [5.41, 5.74) is 0. The van der Waals surface area contributed by atoms with Gasteiger partial charge >= 0.3 is 5.97 Å². The van der Waals surface area contributed by atoms with E-state index < -0.39 is 5.97 Å². The van der Waals surface area contributed by atoms with Crippen molar-refractivity contribution in [3.63, 3.8) is 0 Å². The molecule has 1 saturated heterocycles. The normalized spacial score (nSPS) is 33.7. The van der Waals surface area contributed by atoms with Gasteiger partial charge in [0.25, 0.3) is 0 Å². The fourth-order valence-electron chi connectivity index (χ4n) is 3.03. The van der Waals surface area contributed by atoms with Crippen LogP contribution in [0.4, 0.5) is 0 Å². The van der Waals surface area contributed by atoms with Gasteiger partial charge in [-0.15, -0.1) is 0 Å². The lowest BCUT2D eigenvalue weighted by atomic mass is 9.98. The van der Waals surface area contributed by atoms with E-state index >= 15 is 0 Å². The molecule has 0 radical (unpaired) electrons. The Morgan fingerprint density at radius 3 is 2.57 bits per heavy atom. The molecule has 2 unspecified atom stereocenters. The van der Waals surface area contributed by atoms with E-state index in [0.29, 0.717) is 18.4 Å². The molecule has 2 atom stereocenters. The molecule has 3 nitrogen and oxygen atoms in total. The second-order valence-electron chi connectivity index (χ2n) is 4.60. The van der Waals surface area contributed by atoms with E-state index in [2.05, 4.69) is 4.90 Å². The Morgan fingerprint density at radius 1 is 1.21 bits per heavy atom. The van der Waals surface area contributed by atoms with Crippen LogP contribution in [-0.2, 0) is 4.79 Å². The van der Waals surface area contributed by atoms with Gasteiger partial charge in [0, 0.05) is 12.5 Å². The summed E-state index contributed by atoms with van der Waals surface area (Å²) in [6, 6.07) is 0.577. The van der Waals surface area contributed by atoms with Crippen molar-refractivity contribution in [2.45, 2.75) is 44.6 Å². The van der Waals surface area contributed by atoms with Crippen molar-refractivity contribution >= 4 is 5.97 Å². The topological polar surface area (TPSA) is 40.5 Å². The number of carboxylic acids is 1. The Hall–Kier alpha value is -0.570. The Morgan fingerprint density at radius 2 is 1.93 bits per heavy atom. The van der Waals surface area contributed by atoms with E-state index in [1.54, 1.807) is 0 Å². The molecule has 2 rings (SSSR count). The minimum Gasteiger partial charge on any atom is -0.481 e. The van der Waals surface area contributed by atoms with E-state index in [1.165, 1.54) is 38.8 Å². The molecule has 14 heavy (non-hydrogen) atoms. The summed E-state index contributed by atoms with van der Waals surface area (Å²) in [5, 5.41) is 8.82. The van der Waals surface area contributed by atoms with Crippen LogP contribution in [0, 0.1) is 5.92 Å². The number of likely N-dealkylation sites (tertiary alicyclic amines) is 1. The van der Waals surface area contributed by atoms with Crippen LogP contribution in [0.15, 0.2) is 0 Å². The van der Waals surface area contributed by atoms with Crippen LogP contribution in [0.25, 0.3) is 0 Å². The molecule has 1 aliphatic carbocycles. The maximum absolute atomic E-state index is 10.7. The van der Waals surface area contributed by atoms with Crippen LogP contribution < -0.4 is 0 Å². The molecule has 2 aliphatic rings. The maximum Gasteiger partial charge on any atom is 0.303 e. The lowest BCUT2D eigenvalue weighted by Gasteiger charge is -2.28. The molecule has 1 aliphatic heterocycles. The largest absolute Gasteiger partial charge is 0.481 e. The highest BCUT2D eigenvalue weighted by Crippen LogP contribution is 2.33. The van der Waals surface area contributed by atoms with E-state index in [-0.39, 0.29) is 0 Å². The van der Waals surface area contributed by atoms with Gasteiger partial charge in [-0.25, -0.2) is 0 Å². The lowest BCUT2D eigenvalue weighted by Crippen LogP contribution is -2.36. The van der Waals surface area contributed by atoms with Gasteiger partial charge in [-0.3, -0.25) is 4.79 Å². The van der Waals surface area contributed by atoms with Crippen LogP contribution in [-0.4, -0.2) is 35.1 Å². The van der Waals surface area contributed by atoms with Gasteiger partial charge in [0.1, 0.15) is 0 Å². The van der Waals surface area contributed by atoms with Crippen molar-refractivity contribution in [2.75, 3.05) is 13.1 Å². The lowest BCUT2D eigenvalue weighted by molar-refractivity contribution is -0.138. The third-order valence-corrected chi connectivity index (χ3v) is 3.67. The molecule has 0 bridgehead atoms. The average Bonchev–Trinajstić information content (AvgIpc) is 2.70. The van der Waals surface area contributed by atoms with Crippen molar-refractivity contribution in [1.29, 1.82) is 0 Å². The van der Waals surface area contributed by atoms with Crippen LogP contribution in [0.5, 0.6) is 0 Å². The quantitative estimate of drug-likeness (QED) is 0.749. The molecule has 1 heterocycles. The molecule has 3 heteroatoms. The van der Waals surface area contributed by atoms with E-state index in [0.717, 1.165) is 6.42 Å². The van der Waals surface area contributed by atoms with Crippen molar-refractivity contribution in [1.82, 2.24) is 4.90 Å². The molecule has 0 spiro atoms. The predicted octanol–water partition coefficient (Wildman–Crippen LogP) is 1.73. The van der Waals surface area contributed by atoms with Gasteiger partial charge in [-0.2, -0.15) is 0 Å². The number of carbonyl (C=O) groups is 1. The first-order valence-electron chi connectivity index (χ1n) is 5.73. The van der Waals surface area contributed by atoms with Crippen LogP contribution in [0.2, 0.25) is 0 Å². The molecule has 2 fully saturated rings. The highest BCUT2D eigenvalue weighted by Gasteiger charge is 2.34. The van der Waals surface area contributed by atoms with Gasteiger partial charge in [0.05, 0.1) is 0 Å². The highest BCUT2D eigenvalue weighted by atomic mass is 16.4. The molecule has 80 valence electrons. The first-order valence-corrected chi connectivity index (χ1v) is 5.73. The minimum atomic E-state index is -0.624. The molecular formula is C11H19NO2. The Balaban J connectivity index is 1.92. The van der Waals surface area contributed by atoms with Gasteiger partial charge in [0.2, 0.25) is 0 Å². The van der Waals surface area contributed by atoms with Crippen molar-refractivity contribution < 1.29 is 9.90 Å². The predicted molar refractivity (Wildman–Crippen MR) is 54.2 cm³/mol. The number of nitrogens with zero attached hydrogens (tertiary/aromatic N) is 1. The molecular weight excluding hydrogens is 178 g/mol. The van der Waals surface area contributed by atoms with Gasteiger partial charge in [-0.05, 0) is 44.7 Å². The second-order valence-corrected chi connectivity index (χ2v) is 4.60. The summed E-state index contributed by atoms with van der Waals surface area (Å²) in [5.74, 6) is -0.202. The SMILES string of the molecule is O=C(O)CC1CCCC1N1CCCC1. The molecule has 0 aromatic rings. The molecule has 1 N–H and O–H groups in total. The summed E-state index contributed by atoms with van der Waals surface area (Å²) in [6.45, 7) is 2.39. The highest BCUT2D eigenvalue weighted by molar-refractivity contribution is 5.67. The van der Waals surface area contributed by atoms with Crippen molar-refractivity contribution in [3.05, 3.63) is 0 Å². The first-order chi connectivity index (χ1) is 6.77. The number of hydrogen-bond donors (Lipinski definition) is 1. The number of rotatable bonds is 3. The van der Waals surface area contributed by atoms with Gasteiger partial charge < -0.3 is 10.0 Å². The summed E-state index contributed by atoms with van der Waals surface area (Å²) in [4.78, 5) is 13.2. The zero-order chi connectivity index (χ0) is 9.97. The monoisotopic (exact) mass is 197 g/mol. The second kappa shape index (κ2) is 4.30. The number of aliphatic carboxylic acids is 1. The molecule has 0 aromatic carbocycles. The van der Waals surface area contributed by atoms with E-state index in [4.69, 9.17) is 5.11 Å². The fraction of sp³-hybridized carbons (Fsp3) is 0.909. The molecule has 0 amide bonds. The average molecular weight is 197 g/mol. The summed E-state index contributed by atoms with van der Waals surface area (Å²) in [6.07, 6.45) is 6.54. The number of carboxylic acid groups (broad SMARTS) is 1. The van der Waals surface area contributed by atoms with Gasteiger partial charge in [-0.1, -0.05) is 6.42 Å². The third-order valence-electron chi connectivity index (χ3n) is 3.67. The fourth-order valence-corrected chi connectivity index (χ4v) is 3.03. The van der Waals surface area contributed by atoms with Crippen LogP contribution in [0.3, 0.4) is 0 Å². The summed E-state index contributed by atoms with van der Waals surface area (Å²) < 4.78 is 0. The Bertz CT molecular complexity index is 211. The summed E-state index contributed by atoms with van der Waals surface area (Å²) >= 11 is 0. The summed E-state index contributed by atoms with van der Waals surface area (Å²) in [7, 11) is 0. The van der Waals surface area contributed by atoms with Crippen LogP contribution >= 0.6 is 0 Å². The zero-order valence-electron chi connectivity index (χ0n) is 8.61. The van der Waals surface area contributed by atoms with Crippen LogP contribution in [0.1, 0.15) is 38.5 Å². The molecule has 0 aromatic heterocycles. The Labute approximate surface area is 85.1 Å². The van der Waals surface area contributed by atoms with Crippen molar-refractivity contribution in [2.24, 2.45) is 5.92 Å².